The SMILES string of the molecule is c1ccc2c(c1)Cc1cc(NC3CCOCC3)ccc1-2. The molecular weight excluding hydrogens is 246 g/mol. The molecule has 2 aromatic carbocycles. The van der Waals surface area contributed by atoms with Crippen molar-refractivity contribution >= 4 is 5.69 Å². The fourth-order valence-electron chi connectivity index (χ4n) is 3.31. The Morgan fingerprint density at radius 3 is 2.60 bits per heavy atom. The molecule has 2 heteroatoms. The number of hydrogen-bond donors (Lipinski definition) is 1. The van der Waals surface area contributed by atoms with E-state index in [1.165, 1.54) is 27.9 Å². The minimum absolute atomic E-state index is 0.561. The highest BCUT2D eigenvalue weighted by molar-refractivity contribution is 5.78. The van der Waals surface area contributed by atoms with E-state index in [4.69, 9.17) is 4.74 Å². The number of anilines is 1. The Bertz CT molecular complexity index is 629. The lowest BCUT2D eigenvalue weighted by Crippen LogP contribution is -2.27. The van der Waals surface area contributed by atoms with E-state index < -0.39 is 0 Å². The number of nitrogens with one attached hydrogen (secondary N) is 1. The Morgan fingerprint density at radius 2 is 1.70 bits per heavy atom. The van der Waals surface area contributed by atoms with E-state index in [-0.39, 0.29) is 0 Å². The minimum atomic E-state index is 0.561. The van der Waals surface area contributed by atoms with Gasteiger partial charge in [-0.2, -0.15) is 0 Å². The van der Waals surface area contributed by atoms with E-state index in [1.54, 1.807) is 0 Å². The molecule has 2 aromatic rings. The van der Waals surface area contributed by atoms with Gasteiger partial charge in [-0.15, -0.1) is 0 Å². The first-order valence-electron chi connectivity index (χ1n) is 7.46. The quantitative estimate of drug-likeness (QED) is 0.760. The van der Waals surface area contributed by atoms with Gasteiger partial charge in [-0.25, -0.2) is 0 Å². The second-order valence-corrected chi connectivity index (χ2v) is 5.74. The largest absolute Gasteiger partial charge is 0.382 e. The average molecular weight is 265 g/mol. The van der Waals surface area contributed by atoms with Crippen molar-refractivity contribution in [1.29, 1.82) is 0 Å². The summed E-state index contributed by atoms with van der Waals surface area (Å²) in [4.78, 5) is 0. The van der Waals surface area contributed by atoms with Crippen LogP contribution < -0.4 is 5.32 Å². The van der Waals surface area contributed by atoms with Crippen LogP contribution in [0.4, 0.5) is 5.69 Å². The van der Waals surface area contributed by atoms with Gasteiger partial charge in [0, 0.05) is 24.9 Å². The van der Waals surface area contributed by atoms with Crippen LogP contribution in [0, 0.1) is 0 Å². The molecular formula is C18H19NO. The van der Waals surface area contributed by atoms with E-state index in [0.717, 1.165) is 32.5 Å². The summed E-state index contributed by atoms with van der Waals surface area (Å²) < 4.78 is 5.41. The number of fused-ring (bicyclic) bond motifs is 3. The van der Waals surface area contributed by atoms with E-state index in [2.05, 4.69) is 47.8 Å². The highest BCUT2D eigenvalue weighted by Gasteiger charge is 2.19. The molecule has 2 nitrogen and oxygen atoms in total. The first kappa shape index (κ1) is 12.0. The van der Waals surface area contributed by atoms with Crippen molar-refractivity contribution in [3.63, 3.8) is 0 Å². The summed E-state index contributed by atoms with van der Waals surface area (Å²) in [5.41, 5.74) is 6.95. The van der Waals surface area contributed by atoms with Gasteiger partial charge in [0.05, 0.1) is 0 Å². The third-order valence-electron chi connectivity index (χ3n) is 4.39. The molecule has 1 aliphatic heterocycles. The van der Waals surface area contributed by atoms with Crippen molar-refractivity contribution in [2.45, 2.75) is 25.3 Å². The Labute approximate surface area is 119 Å². The van der Waals surface area contributed by atoms with Crippen molar-refractivity contribution in [2.75, 3.05) is 18.5 Å². The van der Waals surface area contributed by atoms with Crippen LogP contribution in [-0.4, -0.2) is 19.3 Å². The molecule has 20 heavy (non-hydrogen) atoms. The van der Waals surface area contributed by atoms with Gasteiger partial charge in [0.2, 0.25) is 0 Å². The van der Waals surface area contributed by atoms with Gasteiger partial charge in [-0.05, 0) is 53.6 Å². The second kappa shape index (κ2) is 4.95. The van der Waals surface area contributed by atoms with Crippen LogP contribution in [0.3, 0.4) is 0 Å². The Morgan fingerprint density at radius 1 is 0.900 bits per heavy atom. The van der Waals surface area contributed by atoms with Crippen molar-refractivity contribution in [1.82, 2.24) is 0 Å². The molecule has 1 aliphatic carbocycles. The molecule has 0 atom stereocenters. The maximum atomic E-state index is 5.41. The summed E-state index contributed by atoms with van der Waals surface area (Å²) >= 11 is 0. The molecule has 0 aromatic heterocycles. The van der Waals surface area contributed by atoms with Crippen LogP contribution in [-0.2, 0) is 11.2 Å². The molecule has 0 unspecified atom stereocenters. The normalized spacial score (nSPS) is 17.6. The number of rotatable bonds is 2. The number of hydrogen-bond acceptors (Lipinski definition) is 2. The van der Waals surface area contributed by atoms with Crippen molar-refractivity contribution in [2.24, 2.45) is 0 Å². The minimum Gasteiger partial charge on any atom is -0.382 e. The third-order valence-corrected chi connectivity index (χ3v) is 4.39. The molecule has 1 heterocycles. The van der Waals surface area contributed by atoms with Gasteiger partial charge in [-0.1, -0.05) is 30.3 Å². The Balaban J connectivity index is 1.58. The predicted molar refractivity (Wildman–Crippen MR) is 82.1 cm³/mol. The predicted octanol–water partition coefficient (Wildman–Crippen LogP) is 3.85. The molecule has 1 fully saturated rings. The van der Waals surface area contributed by atoms with Crippen LogP contribution in [0.25, 0.3) is 11.1 Å². The zero-order valence-electron chi connectivity index (χ0n) is 11.6. The van der Waals surface area contributed by atoms with Crippen LogP contribution in [0.2, 0.25) is 0 Å². The summed E-state index contributed by atoms with van der Waals surface area (Å²) in [6, 6.07) is 16.1. The van der Waals surface area contributed by atoms with Crippen molar-refractivity contribution in [3.05, 3.63) is 53.6 Å². The van der Waals surface area contributed by atoms with Crippen molar-refractivity contribution in [3.8, 4) is 11.1 Å². The molecule has 0 bridgehead atoms. The maximum absolute atomic E-state index is 5.41. The summed E-state index contributed by atoms with van der Waals surface area (Å²) in [6.45, 7) is 1.77. The third kappa shape index (κ3) is 2.10. The first-order chi connectivity index (χ1) is 9.90. The van der Waals surface area contributed by atoms with E-state index in [0.29, 0.717) is 6.04 Å². The summed E-state index contributed by atoms with van der Waals surface area (Å²) in [5, 5.41) is 3.66. The standard InChI is InChI=1S/C18H19NO/c1-2-4-17-13(3-1)11-14-12-16(5-6-18(14)17)19-15-7-9-20-10-8-15/h1-6,12,15,19H,7-11H2. The highest BCUT2D eigenvalue weighted by Crippen LogP contribution is 2.37. The fraction of sp³-hybridized carbons (Fsp3) is 0.333. The van der Waals surface area contributed by atoms with Crippen LogP contribution in [0.1, 0.15) is 24.0 Å². The van der Waals surface area contributed by atoms with Crippen LogP contribution in [0.15, 0.2) is 42.5 Å². The average Bonchev–Trinajstić information content (AvgIpc) is 2.86. The molecule has 0 radical (unpaired) electrons. The topological polar surface area (TPSA) is 21.3 Å². The van der Waals surface area contributed by atoms with Gasteiger partial charge in [0.1, 0.15) is 0 Å². The molecule has 0 amide bonds. The van der Waals surface area contributed by atoms with Gasteiger partial charge in [0.25, 0.3) is 0 Å². The lowest BCUT2D eigenvalue weighted by atomic mass is 10.0. The van der Waals surface area contributed by atoms with Gasteiger partial charge in [-0.3, -0.25) is 0 Å². The van der Waals surface area contributed by atoms with E-state index in [1.807, 2.05) is 0 Å². The molecule has 4 rings (SSSR count). The molecule has 0 spiro atoms. The Kier molecular flexibility index (Phi) is 2.96. The molecule has 1 N–H and O–H groups in total. The monoisotopic (exact) mass is 265 g/mol. The maximum Gasteiger partial charge on any atom is 0.0485 e. The molecule has 0 saturated carbocycles. The fourth-order valence-corrected chi connectivity index (χ4v) is 3.31. The lowest BCUT2D eigenvalue weighted by molar-refractivity contribution is 0.0904. The smallest absolute Gasteiger partial charge is 0.0485 e. The van der Waals surface area contributed by atoms with Gasteiger partial charge >= 0.3 is 0 Å². The summed E-state index contributed by atoms with van der Waals surface area (Å²) in [6.07, 6.45) is 3.28. The second-order valence-electron chi connectivity index (χ2n) is 5.74. The van der Waals surface area contributed by atoms with E-state index in [9.17, 15) is 0 Å². The zero-order valence-corrected chi connectivity index (χ0v) is 11.6. The summed E-state index contributed by atoms with van der Waals surface area (Å²) in [5.74, 6) is 0. The Hall–Kier alpha value is -1.80. The number of benzene rings is 2. The lowest BCUT2D eigenvalue weighted by Gasteiger charge is -2.24. The van der Waals surface area contributed by atoms with Crippen LogP contribution >= 0.6 is 0 Å². The van der Waals surface area contributed by atoms with Gasteiger partial charge in [0.15, 0.2) is 0 Å². The molecule has 102 valence electrons. The van der Waals surface area contributed by atoms with Crippen molar-refractivity contribution < 1.29 is 4.74 Å². The number of ether oxygens (including phenoxy) is 1. The summed E-state index contributed by atoms with van der Waals surface area (Å²) in [7, 11) is 0. The molecule has 2 aliphatic rings. The highest BCUT2D eigenvalue weighted by atomic mass is 16.5. The molecule has 1 saturated heterocycles. The van der Waals surface area contributed by atoms with Gasteiger partial charge < -0.3 is 10.1 Å². The van der Waals surface area contributed by atoms with E-state index >= 15 is 0 Å². The van der Waals surface area contributed by atoms with Crippen LogP contribution in [0.5, 0.6) is 0 Å². The zero-order chi connectivity index (χ0) is 13.4. The first-order valence-corrected chi connectivity index (χ1v) is 7.46.